The molecule has 0 bridgehead atoms. The van der Waals surface area contributed by atoms with E-state index in [9.17, 15) is 4.79 Å². The highest BCUT2D eigenvalue weighted by atomic mass is 16.1. The molecule has 0 aromatic heterocycles. The molecule has 2 unspecified atom stereocenters. The quantitative estimate of drug-likeness (QED) is 0.755. The molecule has 0 aliphatic heterocycles. The lowest BCUT2D eigenvalue weighted by molar-refractivity contribution is -0.131. The van der Waals surface area contributed by atoms with Gasteiger partial charge >= 0.3 is 0 Å². The Morgan fingerprint density at radius 3 is 2.65 bits per heavy atom. The first kappa shape index (κ1) is 10.5. The predicted molar refractivity (Wildman–Crippen MR) is 70.1 cm³/mol. The van der Waals surface area contributed by atoms with Gasteiger partial charge in [0, 0.05) is 18.3 Å². The highest BCUT2D eigenvalue weighted by Gasteiger charge is 2.39. The molecule has 0 spiro atoms. The number of hydrogen-bond acceptors (Lipinski definition) is 1. The highest BCUT2D eigenvalue weighted by molar-refractivity contribution is 5.93. The monoisotopic (exact) mass is 224 g/mol. The van der Waals surface area contributed by atoms with Crippen LogP contribution in [0.25, 0.3) is 10.8 Å². The number of ketones is 1. The van der Waals surface area contributed by atoms with Crippen LogP contribution in [0.3, 0.4) is 0 Å². The van der Waals surface area contributed by atoms with E-state index in [2.05, 4.69) is 49.4 Å². The first-order valence-corrected chi connectivity index (χ1v) is 6.31. The van der Waals surface area contributed by atoms with Gasteiger partial charge in [-0.3, -0.25) is 4.79 Å². The van der Waals surface area contributed by atoms with Gasteiger partial charge in [0.2, 0.25) is 0 Å². The van der Waals surface area contributed by atoms with Gasteiger partial charge in [-0.05, 0) is 22.8 Å². The maximum Gasteiger partial charge on any atom is 0.137 e. The largest absolute Gasteiger partial charge is 0.299 e. The number of benzene rings is 2. The van der Waals surface area contributed by atoms with Crippen LogP contribution in [0.15, 0.2) is 42.5 Å². The Hall–Kier alpha value is -1.63. The summed E-state index contributed by atoms with van der Waals surface area (Å²) in [4.78, 5) is 11.6. The molecule has 1 aliphatic carbocycles. The molecule has 1 aliphatic rings. The van der Waals surface area contributed by atoms with Crippen LogP contribution < -0.4 is 0 Å². The average Bonchev–Trinajstić information content (AvgIpc) is 2.36. The molecular weight excluding hydrogens is 208 g/mol. The van der Waals surface area contributed by atoms with Gasteiger partial charge in [-0.15, -0.1) is 0 Å². The van der Waals surface area contributed by atoms with Crippen LogP contribution in [0.5, 0.6) is 0 Å². The van der Waals surface area contributed by atoms with Gasteiger partial charge in [0.1, 0.15) is 5.78 Å². The van der Waals surface area contributed by atoms with Gasteiger partial charge in [-0.2, -0.15) is 0 Å². The minimum absolute atomic E-state index is 0.251. The van der Waals surface area contributed by atoms with Crippen molar-refractivity contribution in [3.05, 3.63) is 48.0 Å². The Morgan fingerprint density at radius 2 is 1.88 bits per heavy atom. The topological polar surface area (TPSA) is 17.1 Å². The van der Waals surface area contributed by atoms with Crippen molar-refractivity contribution in [3.63, 3.8) is 0 Å². The number of hydrogen-bond donors (Lipinski definition) is 0. The second kappa shape index (κ2) is 3.99. The van der Waals surface area contributed by atoms with Crippen molar-refractivity contribution in [2.45, 2.75) is 25.7 Å². The fourth-order valence-corrected chi connectivity index (χ4v) is 2.99. The fourth-order valence-electron chi connectivity index (χ4n) is 2.99. The van der Waals surface area contributed by atoms with E-state index in [1.54, 1.807) is 0 Å². The summed E-state index contributed by atoms with van der Waals surface area (Å²) in [5, 5.41) is 2.59. The number of Topliss-reactive ketones (excluding diaryl/α,β-unsaturated/α-hetero) is 1. The van der Waals surface area contributed by atoms with Gasteiger partial charge in [0.15, 0.2) is 0 Å². The molecule has 3 rings (SSSR count). The van der Waals surface area contributed by atoms with Crippen molar-refractivity contribution in [2.75, 3.05) is 0 Å². The van der Waals surface area contributed by atoms with Crippen molar-refractivity contribution in [3.8, 4) is 0 Å². The summed E-state index contributed by atoms with van der Waals surface area (Å²) in [6, 6.07) is 14.9. The maximum absolute atomic E-state index is 11.6. The van der Waals surface area contributed by atoms with Gasteiger partial charge < -0.3 is 0 Å². The third-order valence-corrected chi connectivity index (χ3v) is 3.98. The van der Waals surface area contributed by atoms with Gasteiger partial charge in [-0.1, -0.05) is 49.4 Å². The lowest BCUT2D eigenvalue weighted by atomic mass is 9.67. The van der Waals surface area contributed by atoms with Gasteiger partial charge in [0.05, 0.1) is 0 Å². The summed E-state index contributed by atoms with van der Waals surface area (Å²) < 4.78 is 0. The van der Waals surface area contributed by atoms with Crippen LogP contribution in [0.1, 0.15) is 31.2 Å². The maximum atomic E-state index is 11.6. The molecule has 1 saturated carbocycles. The van der Waals surface area contributed by atoms with Crippen molar-refractivity contribution in [1.82, 2.24) is 0 Å². The zero-order valence-corrected chi connectivity index (χ0v) is 10.0. The van der Waals surface area contributed by atoms with E-state index in [4.69, 9.17) is 0 Å². The van der Waals surface area contributed by atoms with Crippen molar-refractivity contribution < 1.29 is 4.79 Å². The molecule has 2 atom stereocenters. The van der Waals surface area contributed by atoms with E-state index in [1.165, 1.54) is 16.3 Å². The predicted octanol–water partition coefficient (Wildman–Crippen LogP) is 3.92. The molecule has 1 fully saturated rings. The van der Waals surface area contributed by atoms with Crippen LogP contribution in [-0.4, -0.2) is 5.78 Å². The Kier molecular flexibility index (Phi) is 2.47. The standard InChI is InChI=1S/C16H16O/c1-2-12-15(10-16(12)17)14-9-5-7-11-6-3-4-8-13(11)14/h3-9,12,15H,2,10H2,1H3. The van der Waals surface area contributed by atoms with Crippen molar-refractivity contribution in [2.24, 2.45) is 5.92 Å². The van der Waals surface area contributed by atoms with Crippen molar-refractivity contribution in [1.29, 1.82) is 0 Å². The van der Waals surface area contributed by atoms with Crippen LogP contribution in [-0.2, 0) is 4.79 Å². The van der Waals surface area contributed by atoms with Crippen LogP contribution in [0.4, 0.5) is 0 Å². The molecule has 2 aromatic rings. The van der Waals surface area contributed by atoms with Crippen molar-refractivity contribution >= 4 is 16.6 Å². The summed E-state index contributed by atoms with van der Waals surface area (Å²) in [7, 11) is 0. The number of rotatable bonds is 2. The van der Waals surface area contributed by atoms with E-state index in [-0.39, 0.29) is 5.92 Å². The smallest absolute Gasteiger partial charge is 0.137 e. The molecule has 0 N–H and O–H groups in total. The molecule has 0 radical (unpaired) electrons. The number of carbonyl (C=O) groups excluding carboxylic acids is 1. The molecular formula is C16H16O. The van der Waals surface area contributed by atoms with E-state index < -0.39 is 0 Å². The lowest BCUT2D eigenvalue weighted by Crippen LogP contribution is -2.34. The Balaban J connectivity index is 2.09. The number of carbonyl (C=O) groups is 1. The SMILES string of the molecule is CCC1C(=O)CC1c1cccc2ccccc12. The molecule has 17 heavy (non-hydrogen) atoms. The van der Waals surface area contributed by atoms with E-state index >= 15 is 0 Å². The van der Waals surface area contributed by atoms with E-state index in [0.717, 1.165) is 12.8 Å². The molecule has 0 amide bonds. The Bertz CT molecular complexity index is 565. The van der Waals surface area contributed by atoms with Gasteiger partial charge in [-0.25, -0.2) is 0 Å². The minimum Gasteiger partial charge on any atom is -0.299 e. The molecule has 1 nitrogen and oxygen atoms in total. The second-order valence-corrected chi connectivity index (χ2v) is 4.86. The Labute approximate surface area is 101 Å². The average molecular weight is 224 g/mol. The molecule has 1 heteroatoms. The third kappa shape index (κ3) is 1.57. The van der Waals surface area contributed by atoms with Crippen LogP contribution >= 0.6 is 0 Å². The first-order chi connectivity index (χ1) is 8.31. The molecule has 86 valence electrons. The summed E-state index contributed by atoms with van der Waals surface area (Å²) in [6.07, 6.45) is 1.69. The minimum atomic E-state index is 0.251. The third-order valence-electron chi connectivity index (χ3n) is 3.98. The zero-order chi connectivity index (χ0) is 11.8. The molecule has 0 saturated heterocycles. The first-order valence-electron chi connectivity index (χ1n) is 6.31. The molecule has 0 heterocycles. The Morgan fingerprint density at radius 1 is 1.12 bits per heavy atom. The van der Waals surface area contributed by atoms with Crippen LogP contribution in [0.2, 0.25) is 0 Å². The molecule has 2 aromatic carbocycles. The fraction of sp³-hybridized carbons (Fsp3) is 0.312. The number of fused-ring (bicyclic) bond motifs is 1. The lowest BCUT2D eigenvalue weighted by Gasteiger charge is -2.35. The van der Waals surface area contributed by atoms with Gasteiger partial charge in [0.25, 0.3) is 0 Å². The second-order valence-electron chi connectivity index (χ2n) is 4.86. The summed E-state index contributed by atoms with van der Waals surface area (Å²) in [5.74, 6) is 1.13. The highest BCUT2D eigenvalue weighted by Crippen LogP contribution is 2.43. The summed E-state index contributed by atoms with van der Waals surface area (Å²) in [6.45, 7) is 2.11. The van der Waals surface area contributed by atoms with E-state index in [1.807, 2.05) is 0 Å². The zero-order valence-electron chi connectivity index (χ0n) is 10.0. The van der Waals surface area contributed by atoms with Crippen LogP contribution in [0, 0.1) is 5.92 Å². The normalized spacial score (nSPS) is 23.7. The summed E-state index contributed by atoms with van der Waals surface area (Å²) in [5.41, 5.74) is 1.36. The summed E-state index contributed by atoms with van der Waals surface area (Å²) >= 11 is 0. The van der Waals surface area contributed by atoms with E-state index in [0.29, 0.717) is 11.7 Å².